The average molecular weight is 322 g/mol. The van der Waals surface area contributed by atoms with E-state index in [9.17, 15) is 15.0 Å². The van der Waals surface area contributed by atoms with Gasteiger partial charge in [-0.1, -0.05) is 0 Å². The minimum atomic E-state index is -1.03. The van der Waals surface area contributed by atoms with E-state index >= 15 is 0 Å². The summed E-state index contributed by atoms with van der Waals surface area (Å²) in [6.45, 7) is 1.43. The van der Waals surface area contributed by atoms with Crippen molar-refractivity contribution >= 4 is 11.0 Å². The van der Waals surface area contributed by atoms with E-state index in [2.05, 4.69) is 0 Å². The second-order valence-corrected chi connectivity index (χ2v) is 5.62. The molecule has 1 unspecified atom stereocenters. The zero-order valence-electron chi connectivity index (χ0n) is 12.5. The van der Waals surface area contributed by atoms with Crippen molar-refractivity contribution in [1.29, 1.82) is 0 Å². The molecule has 2 heterocycles. The zero-order valence-corrected chi connectivity index (χ0v) is 12.5. The highest BCUT2D eigenvalue weighted by molar-refractivity contribution is 5.81. The number of rotatable bonds is 3. The second kappa shape index (κ2) is 6.29. The van der Waals surface area contributed by atoms with Crippen LogP contribution >= 0.6 is 0 Å². The second-order valence-electron chi connectivity index (χ2n) is 5.62. The summed E-state index contributed by atoms with van der Waals surface area (Å²) >= 11 is 0. The number of benzene rings is 1. The summed E-state index contributed by atoms with van der Waals surface area (Å²) < 4.78 is 16.1. The normalized spacial score (nSPS) is 28.0. The summed E-state index contributed by atoms with van der Waals surface area (Å²) in [5, 5.41) is 29.6. The first-order chi connectivity index (χ1) is 11.0. The molecular formula is C16H18O7. The van der Waals surface area contributed by atoms with Crippen LogP contribution in [0.15, 0.2) is 33.5 Å². The van der Waals surface area contributed by atoms with Crippen LogP contribution in [0.2, 0.25) is 0 Å². The molecule has 0 radical (unpaired) electrons. The van der Waals surface area contributed by atoms with E-state index in [0.29, 0.717) is 11.3 Å². The Kier molecular flexibility index (Phi) is 4.36. The van der Waals surface area contributed by atoms with Gasteiger partial charge in [0.05, 0.1) is 12.7 Å². The molecule has 124 valence electrons. The Balaban J connectivity index is 1.85. The Morgan fingerprint density at radius 1 is 1.26 bits per heavy atom. The Morgan fingerprint density at radius 2 is 2.04 bits per heavy atom. The van der Waals surface area contributed by atoms with E-state index < -0.39 is 30.2 Å². The standard InChI is InChI=1S/C16H18O7/c1-8-4-15(20)22-13-5-9(2-3-10(8)13)21-16-12(19)6-11(18)14(7-17)23-16/h2-5,11-12,14,16-19H,6-7H2,1H3/t11-,12-,14?,16+/m1/s1. The number of ether oxygens (including phenoxy) is 2. The van der Waals surface area contributed by atoms with Gasteiger partial charge < -0.3 is 29.2 Å². The number of hydrogen-bond acceptors (Lipinski definition) is 7. The molecule has 2 aromatic rings. The van der Waals surface area contributed by atoms with Crippen LogP contribution in [-0.4, -0.2) is 46.5 Å². The molecule has 0 spiro atoms. The van der Waals surface area contributed by atoms with Gasteiger partial charge in [0, 0.05) is 23.9 Å². The van der Waals surface area contributed by atoms with Gasteiger partial charge in [-0.05, 0) is 24.6 Å². The summed E-state index contributed by atoms with van der Waals surface area (Å²) in [5.74, 6) is 0.350. The lowest BCUT2D eigenvalue weighted by molar-refractivity contribution is -0.240. The third-order valence-electron chi connectivity index (χ3n) is 3.89. The van der Waals surface area contributed by atoms with Crippen LogP contribution in [0.4, 0.5) is 0 Å². The van der Waals surface area contributed by atoms with Crippen molar-refractivity contribution < 1.29 is 29.2 Å². The Morgan fingerprint density at radius 3 is 2.78 bits per heavy atom. The largest absolute Gasteiger partial charge is 0.462 e. The summed E-state index contributed by atoms with van der Waals surface area (Å²) in [7, 11) is 0. The maximum Gasteiger partial charge on any atom is 0.336 e. The maximum atomic E-state index is 11.4. The fraction of sp³-hybridized carbons (Fsp3) is 0.438. The van der Waals surface area contributed by atoms with Crippen LogP contribution in [0.5, 0.6) is 5.75 Å². The molecule has 1 saturated heterocycles. The predicted octanol–water partition coefficient (Wildman–Crippen LogP) is 0.309. The maximum absolute atomic E-state index is 11.4. The van der Waals surface area contributed by atoms with Crippen LogP contribution in [0.1, 0.15) is 12.0 Å². The average Bonchev–Trinajstić information content (AvgIpc) is 2.49. The van der Waals surface area contributed by atoms with E-state index in [-0.39, 0.29) is 13.0 Å². The molecular weight excluding hydrogens is 304 g/mol. The predicted molar refractivity (Wildman–Crippen MR) is 80.2 cm³/mol. The van der Waals surface area contributed by atoms with Crippen molar-refractivity contribution in [2.75, 3.05) is 6.61 Å². The summed E-state index contributed by atoms with van der Waals surface area (Å²) in [6.07, 6.45) is -3.79. The van der Waals surface area contributed by atoms with Crippen LogP contribution in [0, 0.1) is 6.92 Å². The molecule has 23 heavy (non-hydrogen) atoms. The highest BCUT2D eigenvalue weighted by Gasteiger charge is 2.37. The molecule has 1 aliphatic rings. The van der Waals surface area contributed by atoms with E-state index in [1.165, 1.54) is 6.07 Å². The number of aryl methyl sites for hydroxylation is 1. The lowest BCUT2D eigenvalue weighted by Crippen LogP contribution is -2.50. The SMILES string of the molecule is Cc1cc(=O)oc2cc(O[C@H]3OC(CO)[C@H](O)C[C@H]3O)ccc12. The fourth-order valence-electron chi connectivity index (χ4n) is 2.65. The molecule has 1 fully saturated rings. The molecule has 7 nitrogen and oxygen atoms in total. The van der Waals surface area contributed by atoms with Gasteiger partial charge in [0.15, 0.2) is 0 Å². The van der Waals surface area contributed by atoms with Gasteiger partial charge in [0.1, 0.15) is 23.5 Å². The lowest BCUT2D eigenvalue weighted by Gasteiger charge is -2.36. The van der Waals surface area contributed by atoms with Crippen molar-refractivity contribution in [3.8, 4) is 5.75 Å². The smallest absolute Gasteiger partial charge is 0.336 e. The van der Waals surface area contributed by atoms with Gasteiger partial charge in [-0.3, -0.25) is 0 Å². The molecule has 1 aromatic carbocycles. The third-order valence-corrected chi connectivity index (χ3v) is 3.89. The van der Waals surface area contributed by atoms with Gasteiger partial charge in [0.2, 0.25) is 6.29 Å². The number of hydrogen-bond donors (Lipinski definition) is 3. The Bertz CT molecular complexity index is 754. The summed E-state index contributed by atoms with van der Waals surface area (Å²) in [4.78, 5) is 11.4. The van der Waals surface area contributed by atoms with Crippen LogP contribution < -0.4 is 10.4 Å². The van der Waals surface area contributed by atoms with Gasteiger partial charge in [-0.15, -0.1) is 0 Å². The van der Waals surface area contributed by atoms with Crippen LogP contribution in [-0.2, 0) is 4.74 Å². The zero-order chi connectivity index (χ0) is 16.6. The highest BCUT2D eigenvalue weighted by atomic mass is 16.7. The van der Waals surface area contributed by atoms with E-state index in [1.807, 2.05) is 0 Å². The Labute approximate surface area is 131 Å². The summed E-state index contributed by atoms with van der Waals surface area (Å²) in [5.41, 5.74) is 0.710. The molecule has 3 rings (SSSR count). The third kappa shape index (κ3) is 3.23. The minimum Gasteiger partial charge on any atom is -0.462 e. The van der Waals surface area contributed by atoms with Crippen molar-refractivity contribution in [2.24, 2.45) is 0 Å². The van der Waals surface area contributed by atoms with Crippen molar-refractivity contribution in [1.82, 2.24) is 0 Å². The van der Waals surface area contributed by atoms with E-state index in [0.717, 1.165) is 10.9 Å². The molecule has 7 heteroatoms. The van der Waals surface area contributed by atoms with Crippen molar-refractivity contribution in [3.05, 3.63) is 40.2 Å². The first kappa shape index (κ1) is 15.9. The Hall–Kier alpha value is -1.93. The number of aliphatic hydroxyl groups excluding tert-OH is 3. The van der Waals surface area contributed by atoms with Crippen molar-refractivity contribution in [3.63, 3.8) is 0 Å². The van der Waals surface area contributed by atoms with Gasteiger partial charge in [-0.2, -0.15) is 0 Å². The molecule has 0 saturated carbocycles. The molecule has 0 bridgehead atoms. The molecule has 3 N–H and O–H groups in total. The molecule has 0 amide bonds. The first-order valence-electron chi connectivity index (χ1n) is 7.31. The summed E-state index contributed by atoms with van der Waals surface area (Å²) in [6, 6.07) is 6.36. The first-order valence-corrected chi connectivity index (χ1v) is 7.31. The van der Waals surface area contributed by atoms with Gasteiger partial charge in [-0.25, -0.2) is 4.79 Å². The van der Waals surface area contributed by atoms with Crippen LogP contribution in [0.25, 0.3) is 11.0 Å². The molecule has 1 aliphatic heterocycles. The van der Waals surface area contributed by atoms with Gasteiger partial charge in [0.25, 0.3) is 0 Å². The fourth-order valence-corrected chi connectivity index (χ4v) is 2.65. The van der Waals surface area contributed by atoms with Crippen molar-refractivity contribution in [2.45, 2.75) is 37.9 Å². The lowest BCUT2D eigenvalue weighted by atomic mass is 10.0. The molecule has 0 aliphatic carbocycles. The van der Waals surface area contributed by atoms with E-state index in [4.69, 9.17) is 19.0 Å². The number of aliphatic hydroxyl groups is 3. The monoisotopic (exact) mass is 322 g/mol. The van der Waals surface area contributed by atoms with Crippen LogP contribution in [0.3, 0.4) is 0 Å². The number of fused-ring (bicyclic) bond motifs is 1. The molecule has 4 atom stereocenters. The quantitative estimate of drug-likeness (QED) is 0.698. The highest BCUT2D eigenvalue weighted by Crippen LogP contribution is 2.26. The van der Waals surface area contributed by atoms with Gasteiger partial charge >= 0.3 is 5.63 Å². The topological polar surface area (TPSA) is 109 Å². The molecule has 1 aromatic heterocycles. The van der Waals surface area contributed by atoms with E-state index in [1.54, 1.807) is 25.1 Å². The minimum absolute atomic E-state index is 0.0394.